The van der Waals surface area contributed by atoms with Gasteiger partial charge < -0.3 is 10.0 Å². The van der Waals surface area contributed by atoms with Gasteiger partial charge in [-0.1, -0.05) is 0 Å². The molecule has 112 valence electrons. The number of hydrogen-bond donors (Lipinski definition) is 1. The predicted molar refractivity (Wildman–Crippen MR) is 78.4 cm³/mol. The summed E-state index contributed by atoms with van der Waals surface area (Å²) in [5, 5.41) is 11.0. The first kappa shape index (κ1) is 14.1. The zero-order valence-corrected chi connectivity index (χ0v) is 12.6. The third kappa shape index (κ3) is 2.78. The Morgan fingerprint density at radius 2 is 2.33 bits per heavy atom. The molecule has 1 fully saturated rings. The van der Waals surface area contributed by atoms with Crippen LogP contribution in [0.2, 0.25) is 0 Å². The fourth-order valence-electron chi connectivity index (χ4n) is 2.74. The summed E-state index contributed by atoms with van der Waals surface area (Å²) in [7, 11) is 0. The summed E-state index contributed by atoms with van der Waals surface area (Å²) in [5.41, 5.74) is 1.84. The second kappa shape index (κ2) is 5.48. The van der Waals surface area contributed by atoms with E-state index in [1.807, 2.05) is 22.9 Å². The van der Waals surface area contributed by atoms with E-state index in [-0.39, 0.29) is 5.91 Å². The Labute approximate surface area is 126 Å². The molecule has 0 unspecified atom stereocenters. The summed E-state index contributed by atoms with van der Waals surface area (Å²) in [6, 6.07) is 0. The van der Waals surface area contributed by atoms with E-state index < -0.39 is 11.9 Å². The number of aryl methyl sites for hydroxylation is 1. The molecule has 0 bridgehead atoms. The summed E-state index contributed by atoms with van der Waals surface area (Å²) in [5.74, 6) is -1.25. The maximum atomic E-state index is 12.4. The normalized spacial score (nSPS) is 19.1. The van der Waals surface area contributed by atoms with Gasteiger partial charge >= 0.3 is 5.97 Å². The van der Waals surface area contributed by atoms with Gasteiger partial charge in [0.05, 0.1) is 18.0 Å². The molecule has 0 saturated carbocycles. The van der Waals surface area contributed by atoms with Crippen LogP contribution in [0.3, 0.4) is 0 Å². The standard InChI is InChI=1S/C14H17N3O3S/c1-9-6-17-11(8-21-14(17)15-9)5-12(18)16-4-2-3-10(7-16)13(19)20/h6,8,10H,2-5,7H2,1H3,(H,19,20)/t10-/m1/s1. The number of amides is 1. The van der Waals surface area contributed by atoms with Gasteiger partial charge in [0.2, 0.25) is 5.91 Å². The maximum Gasteiger partial charge on any atom is 0.308 e. The first-order chi connectivity index (χ1) is 10.0. The smallest absolute Gasteiger partial charge is 0.308 e. The number of likely N-dealkylation sites (tertiary alicyclic amines) is 1. The molecular formula is C14H17N3O3S. The monoisotopic (exact) mass is 307 g/mol. The molecule has 3 rings (SSSR count). The van der Waals surface area contributed by atoms with E-state index in [2.05, 4.69) is 4.98 Å². The molecule has 0 aliphatic carbocycles. The van der Waals surface area contributed by atoms with Crippen molar-refractivity contribution in [3.63, 3.8) is 0 Å². The van der Waals surface area contributed by atoms with Crippen molar-refractivity contribution in [1.29, 1.82) is 0 Å². The Hall–Kier alpha value is -1.89. The molecule has 7 heteroatoms. The van der Waals surface area contributed by atoms with Crippen LogP contribution in [0.4, 0.5) is 0 Å². The lowest BCUT2D eigenvalue weighted by Gasteiger charge is -2.30. The molecule has 21 heavy (non-hydrogen) atoms. The van der Waals surface area contributed by atoms with Crippen LogP contribution < -0.4 is 0 Å². The summed E-state index contributed by atoms with van der Waals surface area (Å²) >= 11 is 1.52. The molecule has 0 spiro atoms. The van der Waals surface area contributed by atoms with Crippen LogP contribution in [-0.4, -0.2) is 44.4 Å². The minimum Gasteiger partial charge on any atom is -0.481 e. The Kier molecular flexibility index (Phi) is 3.67. The summed E-state index contributed by atoms with van der Waals surface area (Å²) in [6.07, 6.45) is 3.63. The summed E-state index contributed by atoms with van der Waals surface area (Å²) in [6.45, 7) is 2.90. The minimum absolute atomic E-state index is 0.00740. The Balaban J connectivity index is 1.72. The largest absolute Gasteiger partial charge is 0.481 e. The quantitative estimate of drug-likeness (QED) is 0.934. The molecule has 0 radical (unpaired) electrons. The number of rotatable bonds is 3. The molecule has 6 nitrogen and oxygen atoms in total. The number of piperidine rings is 1. The maximum absolute atomic E-state index is 12.4. The molecule has 2 aromatic rings. The second-order valence-corrected chi connectivity index (χ2v) is 6.29. The van der Waals surface area contributed by atoms with Crippen LogP contribution in [-0.2, 0) is 16.0 Å². The molecule has 1 aliphatic rings. The molecule has 1 saturated heterocycles. The van der Waals surface area contributed by atoms with E-state index in [0.717, 1.165) is 22.8 Å². The van der Waals surface area contributed by atoms with Crippen molar-refractivity contribution in [2.24, 2.45) is 5.92 Å². The fraction of sp³-hybridized carbons (Fsp3) is 0.500. The number of fused-ring (bicyclic) bond motifs is 1. The number of carboxylic acid groups (broad SMARTS) is 1. The van der Waals surface area contributed by atoms with E-state index in [1.165, 1.54) is 11.3 Å². The molecule has 1 amide bonds. The lowest BCUT2D eigenvalue weighted by molar-refractivity contribution is -0.145. The van der Waals surface area contributed by atoms with E-state index in [0.29, 0.717) is 25.9 Å². The zero-order chi connectivity index (χ0) is 15.0. The van der Waals surface area contributed by atoms with Crippen molar-refractivity contribution >= 4 is 28.2 Å². The third-order valence-electron chi connectivity index (χ3n) is 3.86. The van der Waals surface area contributed by atoms with Crippen LogP contribution in [0.25, 0.3) is 4.96 Å². The number of hydrogen-bond acceptors (Lipinski definition) is 4. The highest BCUT2D eigenvalue weighted by Gasteiger charge is 2.28. The molecule has 1 N–H and O–H groups in total. The van der Waals surface area contributed by atoms with Gasteiger partial charge in [0.1, 0.15) is 0 Å². The van der Waals surface area contributed by atoms with Gasteiger partial charge in [-0.05, 0) is 19.8 Å². The summed E-state index contributed by atoms with van der Waals surface area (Å²) < 4.78 is 1.94. The number of aromatic nitrogens is 2. The van der Waals surface area contributed by atoms with Crippen molar-refractivity contribution in [1.82, 2.24) is 14.3 Å². The first-order valence-electron chi connectivity index (χ1n) is 6.97. The molecular weight excluding hydrogens is 290 g/mol. The Morgan fingerprint density at radius 1 is 1.52 bits per heavy atom. The minimum atomic E-state index is -0.810. The fourth-order valence-corrected chi connectivity index (χ4v) is 3.66. The number of carboxylic acids is 1. The molecule has 1 atom stereocenters. The average Bonchev–Trinajstić information content (AvgIpc) is 2.99. The van der Waals surface area contributed by atoms with Crippen molar-refractivity contribution < 1.29 is 14.7 Å². The molecule has 1 aliphatic heterocycles. The highest BCUT2D eigenvalue weighted by Crippen LogP contribution is 2.20. The average molecular weight is 307 g/mol. The number of imidazole rings is 1. The van der Waals surface area contributed by atoms with Crippen LogP contribution >= 0.6 is 11.3 Å². The number of nitrogens with zero attached hydrogens (tertiary/aromatic N) is 3. The Morgan fingerprint density at radius 3 is 3.10 bits per heavy atom. The van der Waals surface area contributed by atoms with Crippen LogP contribution in [0.1, 0.15) is 24.2 Å². The van der Waals surface area contributed by atoms with Crippen molar-refractivity contribution in [2.75, 3.05) is 13.1 Å². The van der Waals surface area contributed by atoms with E-state index >= 15 is 0 Å². The van der Waals surface area contributed by atoms with Crippen LogP contribution in [0.15, 0.2) is 11.6 Å². The number of carbonyl (C=O) groups is 2. The van der Waals surface area contributed by atoms with Gasteiger partial charge in [0.25, 0.3) is 0 Å². The Bertz CT molecular complexity index is 691. The zero-order valence-electron chi connectivity index (χ0n) is 11.8. The lowest BCUT2D eigenvalue weighted by Crippen LogP contribution is -2.43. The number of aliphatic carboxylic acids is 1. The highest BCUT2D eigenvalue weighted by atomic mass is 32.1. The second-order valence-electron chi connectivity index (χ2n) is 5.46. The van der Waals surface area contributed by atoms with E-state index in [1.54, 1.807) is 4.90 Å². The highest BCUT2D eigenvalue weighted by molar-refractivity contribution is 7.15. The summed E-state index contributed by atoms with van der Waals surface area (Å²) in [4.78, 5) is 30.4. The van der Waals surface area contributed by atoms with Crippen molar-refractivity contribution in [3.8, 4) is 0 Å². The van der Waals surface area contributed by atoms with Crippen molar-refractivity contribution in [2.45, 2.75) is 26.2 Å². The predicted octanol–water partition coefficient (Wildman–Crippen LogP) is 1.57. The van der Waals surface area contributed by atoms with Gasteiger partial charge in [-0.15, -0.1) is 11.3 Å². The van der Waals surface area contributed by atoms with E-state index in [9.17, 15) is 9.59 Å². The van der Waals surface area contributed by atoms with Gasteiger partial charge in [-0.3, -0.25) is 14.0 Å². The number of thiazole rings is 1. The van der Waals surface area contributed by atoms with Crippen LogP contribution in [0, 0.1) is 12.8 Å². The topological polar surface area (TPSA) is 74.9 Å². The van der Waals surface area contributed by atoms with Gasteiger partial charge in [-0.25, -0.2) is 4.98 Å². The first-order valence-corrected chi connectivity index (χ1v) is 7.85. The SMILES string of the molecule is Cc1cn2c(CC(=O)N3CCC[C@@H](C(=O)O)C3)csc2n1. The third-order valence-corrected chi connectivity index (χ3v) is 4.75. The van der Waals surface area contributed by atoms with Crippen molar-refractivity contribution in [3.05, 3.63) is 23.0 Å². The van der Waals surface area contributed by atoms with E-state index in [4.69, 9.17) is 5.11 Å². The molecule has 0 aromatic carbocycles. The molecule has 2 aromatic heterocycles. The van der Waals surface area contributed by atoms with Gasteiger partial charge in [0, 0.05) is 30.4 Å². The lowest BCUT2D eigenvalue weighted by atomic mass is 9.98. The molecule has 3 heterocycles. The number of carbonyl (C=O) groups excluding carboxylic acids is 1. The van der Waals surface area contributed by atoms with Gasteiger partial charge in [-0.2, -0.15) is 0 Å². The van der Waals surface area contributed by atoms with Gasteiger partial charge in [0.15, 0.2) is 4.96 Å². The van der Waals surface area contributed by atoms with Crippen LogP contribution in [0.5, 0.6) is 0 Å².